The van der Waals surface area contributed by atoms with Gasteiger partial charge in [0, 0.05) is 6.42 Å². The number of carbonyl (C=O) groups is 1. The summed E-state index contributed by atoms with van der Waals surface area (Å²) in [6.07, 6.45) is 84.0. The van der Waals surface area contributed by atoms with Crippen LogP contribution < -0.4 is 5.32 Å². The maximum Gasteiger partial charge on any atom is 0.220 e. The molecule has 5 heteroatoms. The minimum absolute atomic E-state index is 0.150. The van der Waals surface area contributed by atoms with Crippen LogP contribution in [0.1, 0.15) is 386 Å². The van der Waals surface area contributed by atoms with Crippen molar-refractivity contribution < 1.29 is 20.1 Å². The summed E-state index contributed by atoms with van der Waals surface area (Å²) in [5.41, 5.74) is 0. The quantitative estimate of drug-likeness (QED) is 0.0361. The first-order valence-electron chi connectivity index (χ1n) is 34.1. The first kappa shape index (κ1) is 72.8. The SMILES string of the molecule is CCCCCCCCCCCCCCCC/C=C/CC/C=C/CCCC(O)C(O)C(CO)NC(=O)CCCCCCCCCCCCCCCCCCCCCCCCCCCCCCCCCCCCCCC. The smallest absolute Gasteiger partial charge is 0.220 e. The van der Waals surface area contributed by atoms with Crippen molar-refractivity contribution in [3.8, 4) is 0 Å². The predicted molar refractivity (Wildman–Crippen MR) is 328 cm³/mol. The summed E-state index contributed by atoms with van der Waals surface area (Å²) in [7, 11) is 0. The Morgan fingerprint density at radius 2 is 0.554 bits per heavy atom. The van der Waals surface area contributed by atoms with Crippen molar-refractivity contribution in [1.29, 1.82) is 0 Å². The second-order valence-corrected chi connectivity index (χ2v) is 23.7. The zero-order valence-electron chi connectivity index (χ0n) is 50.5. The number of amides is 1. The van der Waals surface area contributed by atoms with Crippen LogP contribution in [0.2, 0.25) is 0 Å². The molecule has 0 aromatic carbocycles. The molecule has 3 atom stereocenters. The van der Waals surface area contributed by atoms with Crippen molar-refractivity contribution >= 4 is 5.91 Å². The minimum atomic E-state index is -1.17. The Hall–Kier alpha value is -1.17. The van der Waals surface area contributed by atoms with Gasteiger partial charge >= 0.3 is 0 Å². The van der Waals surface area contributed by atoms with Gasteiger partial charge in [0.05, 0.1) is 18.8 Å². The summed E-state index contributed by atoms with van der Waals surface area (Å²) in [6, 6.07) is -0.831. The molecule has 0 aromatic rings. The van der Waals surface area contributed by atoms with Crippen LogP contribution in [0.5, 0.6) is 0 Å². The van der Waals surface area contributed by atoms with Gasteiger partial charge in [0.2, 0.25) is 5.91 Å². The minimum Gasteiger partial charge on any atom is -0.394 e. The molecule has 0 radical (unpaired) electrons. The van der Waals surface area contributed by atoms with Gasteiger partial charge in [-0.1, -0.05) is 353 Å². The van der Waals surface area contributed by atoms with Gasteiger partial charge in [-0.25, -0.2) is 0 Å². The van der Waals surface area contributed by atoms with Crippen molar-refractivity contribution in [3.63, 3.8) is 0 Å². The van der Waals surface area contributed by atoms with E-state index in [2.05, 4.69) is 43.5 Å². The van der Waals surface area contributed by atoms with E-state index in [0.717, 1.165) is 44.9 Å². The Kier molecular flexibility index (Phi) is 63.3. The van der Waals surface area contributed by atoms with Gasteiger partial charge in [0.1, 0.15) is 6.10 Å². The second kappa shape index (κ2) is 64.4. The molecule has 440 valence electrons. The van der Waals surface area contributed by atoms with Crippen molar-refractivity contribution in [2.45, 2.75) is 405 Å². The van der Waals surface area contributed by atoms with E-state index in [1.807, 2.05) is 0 Å². The summed E-state index contributed by atoms with van der Waals surface area (Å²) in [6.45, 7) is 4.22. The Bertz CT molecular complexity index is 1110. The van der Waals surface area contributed by atoms with Gasteiger partial charge in [-0.05, 0) is 51.4 Å². The van der Waals surface area contributed by atoms with Gasteiger partial charge in [-0.15, -0.1) is 0 Å². The highest BCUT2D eigenvalue weighted by Gasteiger charge is 2.26. The molecule has 74 heavy (non-hydrogen) atoms. The summed E-state index contributed by atoms with van der Waals surface area (Å²) >= 11 is 0. The second-order valence-electron chi connectivity index (χ2n) is 23.7. The fraction of sp³-hybridized carbons (Fsp3) is 0.928. The summed E-state index contributed by atoms with van der Waals surface area (Å²) in [4.78, 5) is 12.6. The van der Waals surface area contributed by atoms with E-state index in [1.54, 1.807) is 0 Å². The fourth-order valence-electron chi connectivity index (χ4n) is 11.1. The number of hydrogen-bond donors (Lipinski definition) is 4. The number of carbonyl (C=O) groups excluding carboxylic acids is 1. The first-order valence-corrected chi connectivity index (χ1v) is 34.1. The molecule has 5 nitrogen and oxygen atoms in total. The van der Waals surface area contributed by atoms with E-state index in [0.29, 0.717) is 12.8 Å². The number of aliphatic hydroxyl groups excluding tert-OH is 3. The van der Waals surface area contributed by atoms with Crippen molar-refractivity contribution in [1.82, 2.24) is 5.32 Å². The van der Waals surface area contributed by atoms with Crippen molar-refractivity contribution in [2.75, 3.05) is 6.61 Å². The number of rotatable bonds is 64. The highest BCUT2D eigenvalue weighted by molar-refractivity contribution is 5.76. The van der Waals surface area contributed by atoms with Crippen LogP contribution in [0.25, 0.3) is 0 Å². The van der Waals surface area contributed by atoms with Gasteiger partial charge in [-0.3, -0.25) is 4.79 Å². The third-order valence-electron chi connectivity index (χ3n) is 16.3. The van der Waals surface area contributed by atoms with E-state index < -0.39 is 18.2 Å². The van der Waals surface area contributed by atoms with Crippen LogP contribution in [0.4, 0.5) is 0 Å². The van der Waals surface area contributed by atoms with Crippen LogP contribution in [-0.4, -0.2) is 46.1 Å². The normalized spacial score (nSPS) is 13.2. The van der Waals surface area contributed by atoms with Crippen molar-refractivity contribution in [3.05, 3.63) is 24.3 Å². The lowest BCUT2D eigenvalue weighted by atomic mass is 10.0. The van der Waals surface area contributed by atoms with E-state index >= 15 is 0 Å². The average Bonchev–Trinajstić information content (AvgIpc) is 3.41. The summed E-state index contributed by atoms with van der Waals surface area (Å²) < 4.78 is 0. The third-order valence-corrected chi connectivity index (χ3v) is 16.3. The number of allylic oxidation sites excluding steroid dienone is 4. The maximum absolute atomic E-state index is 12.6. The predicted octanol–water partition coefficient (Wildman–Crippen LogP) is 22.0. The fourth-order valence-corrected chi connectivity index (χ4v) is 11.1. The van der Waals surface area contributed by atoms with Gasteiger partial charge in [0.15, 0.2) is 0 Å². The van der Waals surface area contributed by atoms with Crippen LogP contribution in [0, 0.1) is 0 Å². The van der Waals surface area contributed by atoms with Crippen LogP contribution in [0.3, 0.4) is 0 Å². The van der Waals surface area contributed by atoms with E-state index in [9.17, 15) is 20.1 Å². The zero-order chi connectivity index (χ0) is 53.6. The topological polar surface area (TPSA) is 89.8 Å². The van der Waals surface area contributed by atoms with Gasteiger partial charge in [0.25, 0.3) is 0 Å². The lowest BCUT2D eigenvalue weighted by Crippen LogP contribution is -2.50. The monoisotopic (exact) mass is 1040 g/mol. The molecule has 3 unspecified atom stereocenters. The maximum atomic E-state index is 12.6. The Labute approximate surface area is 464 Å². The van der Waals surface area contributed by atoms with Gasteiger partial charge in [-0.2, -0.15) is 0 Å². The van der Waals surface area contributed by atoms with Crippen LogP contribution in [0.15, 0.2) is 24.3 Å². The summed E-state index contributed by atoms with van der Waals surface area (Å²) in [5.74, 6) is -0.150. The molecule has 0 saturated carbocycles. The Morgan fingerprint density at radius 1 is 0.324 bits per heavy atom. The van der Waals surface area contributed by atoms with E-state index in [1.165, 1.54) is 315 Å². The number of hydrogen-bond acceptors (Lipinski definition) is 4. The molecule has 0 aliphatic rings. The molecular formula is C69H135NO4. The molecule has 0 bridgehead atoms. The molecule has 1 amide bonds. The van der Waals surface area contributed by atoms with Crippen LogP contribution >= 0.6 is 0 Å². The molecule has 0 aliphatic carbocycles. The van der Waals surface area contributed by atoms with Gasteiger partial charge < -0.3 is 20.6 Å². The third kappa shape index (κ3) is 58.5. The van der Waals surface area contributed by atoms with Crippen LogP contribution in [-0.2, 0) is 4.79 Å². The van der Waals surface area contributed by atoms with E-state index in [4.69, 9.17) is 0 Å². The summed E-state index contributed by atoms with van der Waals surface area (Å²) in [5, 5.41) is 33.9. The van der Waals surface area contributed by atoms with E-state index in [-0.39, 0.29) is 12.5 Å². The average molecular weight is 1040 g/mol. The molecule has 0 aromatic heterocycles. The molecule has 0 spiro atoms. The Morgan fingerprint density at radius 3 is 0.824 bits per heavy atom. The highest BCUT2D eigenvalue weighted by Crippen LogP contribution is 2.19. The first-order chi connectivity index (χ1) is 36.6. The lowest BCUT2D eigenvalue weighted by molar-refractivity contribution is -0.124. The standard InChI is InChI=1S/C69H135NO4/c1-3-5-7-9-11-13-15-17-19-21-23-25-27-28-29-30-31-32-33-34-35-36-37-38-39-40-42-44-46-48-50-52-54-56-58-60-62-64-68(73)70-66(65-71)69(74)67(72)63-61-59-57-55-53-51-49-47-45-43-41-26-24-22-20-18-16-14-12-10-8-6-4-2/h47,49,55,57,66-67,69,71-72,74H,3-46,48,50-54,56,58-65H2,1-2H3,(H,70,73)/b49-47+,57-55+. The van der Waals surface area contributed by atoms with Crippen molar-refractivity contribution in [2.24, 2.45) is 0 Å². The zero-order valence-corrected chi connectivity index (χ0v) is 50.5. The molecular weight excluding hydrogens is 907 g/mol. The molecule has 0 aliphatic heterocycles. The molecule has 0 saturated heterocycles. The molecule has 0 fully saturated rings. The molecule has 0 rings (SSSR count). The highest BCUT2D eigenvalue weighted by atomic mass is 16.3. The molecule has 4 N–H and O–H groups in total. The molecule has 0 heterocycles. The number of unbranched alkanes of at least 4 members (excludes halogenated alkanes) is 52. The Balaban J connectivity index is 3.47. The lowest BCUT2D eigenvalue weighted by Gasteiger charge is -2.26. The largest absolute Gasteiger partial charge is 0.394 e. The number of nitrogens with one attached hydrogen (secondary N) is 1. The number of aliphatic hydroxyl groups is 3.